The van der Waals surface area contributed by atoms with Gasteiger partial charge in [-0.05, 0) is 19.3 Å². The summed E-state index contributed by atoms with van der Waals surface area (Å²) in [5.74, 6) is -1.44. The van der Waals surface area contributed by atoms with E-state index >= 15 is 0 Å². The van der Waals surface area contributed by atoms with Gasteiger partial charge in [0.25, 0.3) is 0 Å². The Morgan fingerprint density at radius 2 is 2.10 bits per heavy atom. The van der Waals surface area contributed by atoms with Crippen molar-refractivity contribution in [3.8, 4) is 0 Å². The number of rotatable bonds is 1. The molecule has 1 saturated heterocycles. The zero-order chi connectivity index (χ0) is 14.7. The van der Waals surface area contributed by atoms with Gasteiger partial charge < -0.3 is 19.7 Å². The lowest BCUT2D eigenvalue weighted by Gasteiger charge is -2.55. The first-order valence-corrected chi connectivity index (χ1v) is 7.11. The fourth-order valence-electron chi connectivity index (χ4n) is 4.55. The summed E-state index contributed by atoms with van der Waals surface area (Å²) >= 11 is 0. The van der Waals surface area contributed by atoms with E-state index in [1.54, 1.807) is 0 Å². The number of aliphatic hydroxyl groups excluding tert-OH is 2. The summed E-state index contributed by atoms with van der Waals surface area (Å²) in [6.07, 6.45) is 0.489. The molecule has 5 heteroatoms. The van der Waals surface area contributed by atoms with Crippen LogP contribution in [0.25, 0.3) is 0 Å². The van der Waals surface area contributed by atoms with E-state index in [9.17, 15) is 19.8 Å². The van der Waals surface area contributed by atoms with E-state index in [4.69, 9.17) is 4.74 Å². The molecule has 0 aromatic rings. The molecule has 20 heavy (non-hydrogen) atoms. The van der Waals surface area contributed by atoms with Crippen LogP contribution in [0.5, 0.6) is 0 Å². The van der Waals surface area contributed by atoms with Crippen molar-refractivity contribution in [3.05, 3.63) is 12.2 Å². The molecule has 3 fully saturated rings. The minimum atomic E-state index is -0.764. The first kappa shape index (κ1) is 13.8. The zero-order valence-electron chi connectivity index (χ0n) is 11.5. The second kappa shape index (κ2) is 4.40. The van der Waals surface area contributed by atoms with Crippen LogP contribution in [-0.2, 0) is 14.3 Å². The third-order valence-electron chi connectivity index (χ3n) is 5.61. The maximum Gasteiger partial charge on any atom is 0.334 e. The van der Waals surface area contributed by atoms with Crippen molar-refractivity contribution >= 4 is 12.3 Å². The summed E-state index contributed by atoms with van der Waals surface area (Å²) in [4.78, 5) is 23.1. The maximum absolute atomic E-state index is 11.8. The molecule has 2 aliphatic carbocycles. The van der Waals surface area contributed by atoms with Gasteiger partial charge in [-0.2, -0.15) is 0 Å². The predicted molar refractivity (Wildman–Crippen MR) is 69.5 cm³/mol. The smallest absolute Gasteiger partial charge is 0.334 e. The Kier molecular flexibility index (Phi) is 3.03. The Morgan fingerprint density at radius 3 is 2.75 bits per heavy atom. The third kappa shape index (κ3) is 1.63. The number of aliphatic hydroxyl groups is 2. The van der Waals surface area contributed by atoms with Crippen LogP contribution in [0.15, 0.2) is 12.2 Å². The largest absolute Gasteiger partial charge is 0.458 e. The summed E-state index contributed by atoms with van der Waals surface area (Å²) < 4.78 is 5.39. The van der Waals surface area contributed by atoms with Crippen molar-refractivity contribution in [2.24, 2.45) is 23.2 Å². The van der Waals surface area contributed by atoms with Crippen LogP contribution in [0.1, 0.15) is 26.2 Å². The summed E-state index contributed by atoms with van der Waals surface area (Å²) in [7, 11) is 0. The van der Waals surface area contributed by atoms with Crippen molar-refractivity contribution < 1.29 is 24.5 Å². The molecule has 7 atom stereocenters. The van der Waals surface area contributed by atoms with E-state index in [0.717, 1.165) is 6.29 Å². The Labute approximate surface area is 117 Å². The van der Waals surface area contributed by atoms with Crippen molar-refractivity contribution in [1.29, 1.82) is 0 Å². The molecule has 5 nitrogen and oxygen atoms in total. The minimum Gasteiger partial charge on any atom is -0.458 e. The number of carbonyl (C=O) groups excluding carboxylic acids is 2. The lowest BCUT2D eigenvalue weighted by molar-refractivity contribution is -0.185. The molecule has 1 aliphatic heterocycles. The van der Waals surface area contributed by atoms with Gasteiger partial charge in [0.1, 0.15) is 12.4 Å². The molecule has 3 aliphatic rings. The highest BCUT2D eigenvalue weighted by Gasteiger charge is 2.62. The summed E-state index contributed by atoms with van der Waals surface area (Å²) in [6, 6.07) is 0. The quantitative estimate of drug-likeness (QED) is 0.414. The molecule has 1 heterocycles. The van der Waals surface area contributed by atoms with Gasteiger partial charge >= 0.3 is 5.97 Å². The van der Waals surface area contributed by atoms with Crippen LogP contribution >= 0.6 is 0 Å². The molecule has 110 valence electrons. The number of carbonyl (C=O) groups is 2. The second-order valence-corrected chi connectivity index (χ2v) is 6.62. The van der Waals surface area contributed by atoms with Crippen LogP contribution in [-0.4, -0.2) is 40.8 Å². The Hall–Kier alpha value is -1.20. The predicted octanol–water partition coefficient (Wildman–Crippen LogP) is 0.441. The molecule has 0 aromatic carbocycles. The molecule has 2 saturated carbocycles. The number of aldehydes is 1. The van der Waals surface area contributed by atoms with E-state index in [0.29, 0.717) is 19.3 Å². The van der Waals surface area contributed by atoms with E-state index in [-0.39, 0.29) is 17.4 Å². The molecule has 0 bridgehead atoms. The Balaban J connectivity index is 2.05. The lowest BCUT2D eigenvalue weighted by Crippen LogP contribution is -2.59. The fourth-order valence-corrected chi connectivity index (χ4v) is 4.55. The zero-order valence-corrected chi connectivity index (χ0v) is 11.5. The van der Waals surface area contributed by atoms with E-state index < -0.39 is 35.6 Å². The number of hydrogen-bond donors (Lipinski definition) is 2. The van der Waals surface area contributed by atoms with Crippen molar-refractivity contribution in [2.45, 2.75) is 44.5 Å². The van der Waals surface area contributed by atoms with E-state index in [2.05, 4.69) is 6.58 Å². The standard InChI is InChI=1S/C15H20O5/c1-7-11-9(17)5-15(2)10(18)4-3-8(6-16)12(15)13(11)20-14(7)19/h6,8-13,17-18H,1,3-5H2,2H3/t8-,9-,10+,11-,12+,13-,15-/m1/s1. The first-order valence-electron chi connectivity index (χ1n) is 7.11. The Bertz CT molecular complexity index is 473. The van der Waals surface area contributed by atoms with Gasteiger partial charge in [-0.1, -0.05) is 13.5 Å². The molecule has 0 radical (unpaired) electrons. The normalized spacial score (nSPS) is 51.1. The van der Waals surface area contributed by atoms with Gasteiger partial charge in [0, 0.05) is 22.8 Å². The van der Waals surface area contributed by atoms with Gasteiger partial charge in [-0.3, -0.25) is 0 Å². The topological polar surface area (TPSA) is 83.8 Å². The van der Waals surface area contributed by atoms with Crippen LogP contribution in [0.2, 0.25) is 0 Å². The highest BCUT2D eigenvalue weighted by molar-refractivity contribution is 5.91. The molecular weight excluding hydrogens is 260 g/mol. The minimum absolute atomic E-state index is 0.248. The number of ether oxygens (including phenoxy) is 1. The monoisotopic (exact) mass is 280 g/mol. The molecule has 0 spiro atoms. The summed E-state index contributed by atoms with van der Waals surface area (Å²) in [5, 5.41) is 20.7. The van der Waals surface area contributed by atoms with Gasteiger partial charge in [0.2, 0.25) is 0 Å². The molecule has 2 N–H and O–H groups in total. The average molecular weight is 280 g/mol. The Morgan fingerprint density at radius 1 is 1.40 bits per heavy atom. The van der Waals surface area contributed by atoms with Crippen LogP contribution in [0, 0.1) is 23.2 Å². The highest BCUT2D eigenvalue weighted by atomic mass is 16.6. The van der Waals surface area contributed by atoms with E-state index in [1.807, 2.05) is 6.92 Å². The van der Waals surface area contributed by atoms with Gasteiger partial charge in [-0.15, -0.1) is 0 Å². The first-order chi connectivity index (χ1) is 9.40. The second-order valence-electron chi connectivity index (χ2n) is 6.62. The van der Waals surface area contributed by atoms with Crippen LogP contribution < -0.4 is 0 Å². The van der Waals surface area contributed by atoms with Gasteiger partial charge in [0.05, 0.1) is 18.1 Å². The SMILES string of the molecule is C=C1C(=O)O[C@@H]2[C@H]1[C@H](O)C[C@@]1(C)[C@H]2[C@@H](C=O)CC[C@@H]1O. The van der Waals surface area contributed by atoms with Gasteiger partial charge in [0.15, 0.2) is 0 Å². The van der Waals surface area contributed by atoms with Crippen LogP contribution in [0.3, 0.4) is 0 Å². The van der Waals surface area contributed by atoms with Crippen molar-refractivity contribution in [2.75, 3.05) is 0 Å². The fraction of sp³-hybridized carbons (Fsp3) is 0.733. The molecule has 3 rings (SSSR count). The van der Waals surface area contributed by atoms with Crippen LogP contribution in [0.4, 0.5) is 0 Å². The molecule has 0 amide bonds. The molecule has 0 unspecified atom stereocenters. The summed E-state index contributed by atoms with van der Waals surface area (Å²) in [5.41, 5.74) is -0.316. The molecular formula is C15H20O5. The van der Waals surface area contributed by atoms with E-state index in [1.165, 1.54) is 0 Å². The number of hydrogen-bond acceptors (Lipinski definition) is 5. The highest BCUT2D eigenvalue weighted by Crippen LogP contribution is 2.57. The summed E-state index contributed by atoms with van der Waals surface area (Å²) in [6.45, 7) is 5.60. The third-order valence-corrected chi connectivity index (χ3v) is 5.61. The van der Waals surface area contributed by atoms with Crippen molar-refractivity contribution in [1.82, 2.24) is 0 Å². The number of esters is 1. The maximum atomic E-state index is 11.8. The lowest BCUT2D eigenvalue weighted by atomic mass is 9.52. The van der Waals surface area contributed by atoms with Crippen molar-refractivity contribution in [3.63, 3.8) is 0 Å². The molecule has 0 aromatic heterocycles. The average Bonchev–Trinajstić information content (AvgIpc) is 2.68. The van der Waals surface area contributed by atoms with Gasteiger partial charge in [-0.25, -0.2) is 4.79 Å². The number of fused-ring (bicyclic) bond motifs is 3.